The highest BCUT2D eigenvalue weighted by Crippen LogP contribution is 2.36. The first-order chi connectivity index (χ1) is 9.80. The highest BCUT2D eigenvalue weighted by molar-refractivity contribution is 6.62. The average Bonchev–Trinajstić information content (AvgIpc) is 2.92. The Morgan fingerprint density at radius 2 is 1.86 bits per heavy atom. The molecule has 1 fully saturated rings. The minimum atomic E-state index is -0.305. The van der Waals surface area contributed by atoms with Crippen molar-refractivity contribution in [3.63, 3.8) is 0 Å². The second kappa shape index (κ2) is 4.85. The smallest absolute Gasteiger partial charge is 0.399 e. The molecule has 2 aliphatic heterocycles. The van der Waals surface area contributed by atoms with Crippen molar-refractivity contribution in [2.45, 2.75) is 51.4 Å². The Kier molecular flexibility index (Phi) is 3.37. The largest absolute Gasteiger partial charge is 0.494 e. The Balaban J connectivity index is 1.85. The van der Waals surface area contributed by atoms with Gasteiger partial charge < -0.3 is 9.31 Å². The fraction of sp³-hybridized carbons (Fsp3) is 0.562. The Morgan fingerprint density at radius 1 is 1.19 bits per heavy atom. The van der Waals surface area contributed by atoms with Crippen LogP contribution in [0.3, 0.4) is 0 Å². The van der Waals surface area contributed by atoms with Crippen LogP contribution < -0.4 is 5.46 Å². The van der Waals surface area contributed by atoms with Gasteiger partial charge in [0.15, 0.2) is 0 Å². The van der Waals surface area contributed by atoms with Gasteiger partial charge in [0.2, 0.25) is 0 Å². The number of nitrogens with zero attached hydrogens (tertiary/aromatic N) is 2. The Morgan fingerprint density at radius 3 is 2.43 bits per heavy atom. The van der Waals surface area contributed by atoms with E-state index in [0.29, 0.717) is 6.04 Å². The summed E-state index contributed by atoms with van der Waals surface area (Å²) < 4.78 is 12.3. The number of hydrazone groups is 1. The Bertz CT molecular complexity index is 555. The lowest BCUT2D eigenvalue weighted by atomic mass is 9.78. The maximum Gasteiger partial charge on any atom is 0.494 e. The molecule has 0 radical (unpaired) electrons. The minimum Gasteiger partial charge on any atom is -0.399 e. The van der Waals surface area contributed by atoms with E-state index in [1.165, 1.54) is 5.56 Å². The first kappa shape index (κ1) is 14.6. The maximum atomic E-state index is 6.13. The van der Waals surface area contributed by atoms with Crippen molar-refractivity contribution in [2.24, 2.45) is 5.10 Å². The fourth-order valence-corrected chi connectivity index (χ4v) is 2.75. The molecule has 0 amide bonds. The first-order valence-corrected chi connectivity index (χ1v) is 7.51. The third kappa shape index (κ3) is 2.49. The predicted molar refractivity (Wildman–Crippen MR) is 85.8 cm³/mol. The van der Waals surface area contributed by atoms with Gasteiger partial charge in [-0.15, -0.1) is 0 Å². The third-order valence-corrected chi connectivity index (χ3v) is 4.86. The first-order valence-electron chi connectivity index (χ1n) is 7.51. The van der Waals surface area contributed by atoms with E-state index in [2.05, 4.69) is 57.1 Å². The zero-order valence-corrected chi connectivity index (χ0v) is 13.5. The molecule has 112 valence electrons. The molecule has 5 heteroatoms. The van der Waals surface area contributed by atoms with Crippen LogP contribution in [-0.2, 0) is 9.31 Å². The molecular formula is C16H23BN2O2. The molecule has 0 N–H and O–H groups in total. The topological polar surface area (TPSA) is 34.1 Å². The number of hydrogen-bond donors (Lipinski definition) is 0. The number of benzene rings is 1. The summed E-state index contributed by atoms with van der Waals surface area (Å²) in [5, 5.41) is 6.32. The SMILES string of the molecule is CN1N=CCC1c1cccc(B2OC(C)(C)C(C)(C)O2)c1. The second-order valence-electron chi connectivity index (χ2n) is 6.88. The quantitative estimate of drug-likeness (QED) is 0.783. The number of hydrogen-bond acceptors (Lipinski definition) is 4. The molecule has 2 heterocycles. The van der Waals surface area contributed by atoms with Crippen LogP contribution >= 0.6 is 0 Å². The van der Waals surface area contributed by atoms with Crippen LogP contribution in [0.15, 0.2) is 29.4 Å². The van der Waals surface area contributed by atoms with E-state index < -0.39 is 0 Å². The van der Waals surface area contributed by atoms with Crippen LogP contribution in [0.5, 0.6) is 0 Å². The van der Waals surface area contributed by atoms with E-state index in [1.54, 1.807) is 0 Å². The zero-order chi connectivity index (χ0) is 15.3. The summed E-state index contributed by atoms with van der Waals surface area (Å²) in [6, 6.07) is 8.78. The molecule has 0 spiro atoms. The van der Waals surface area contributed by atoms with Crippen LogP contribution in [0, 0.1) is 0 Å². The predicted octanol–water partition coefficient (Wildman–Crippen LogP) is 2.35. The fourth-order valence-electron chi connectivity index (χ4n) is 2.75. The van der Waals surface area contributed by atoms with E-state index in [4.69, 9.17) is 9.31 Å². The monoisotopic (exact) mass is 286 g/mol. The molecular weight excluding hydrogens is 263 g/mol. The van der Waals surface area contributed by atoms with Crippen molar-refractivity contribution >= 4 is 18.8 Å². The van der Waals surface area contributed by atoms with Crippen LogP contribution in [0.1, 0.15) is 45.7 Å². The van der Waals surface area contributed by atoms with E-state index in [1.807, 2.05) is 18.3 Å². The van der Waals surface area contributed by atoms with Crippen LogP contribution in [-0.4, -0.2) is 36.6 Å². The molecule has 2 aliphatic rings. The van der Waals surface area contributed by atoms with Crippen molar-refractivity contribution in [1.29, 1.82) is 0 Å². The van der Waals surface area contributed by atoms with Gasteiger partial charge in [0.05, 0.1) is 17.2 Å². The highest BCUT2D eigenvalue weighted by Gasteiger charge is 2.51. The van der Waals surface area contributed by atoms with Crippen molar-refractivity contribution in [1.82, 2.24) is 5.01 Å². The molecule has 0 aromatic heterocycles. The molecule has 0 aliphatic carbocycles. The molecule has 1 saturated heterocycles. The lowest BCUT2D eigenvalue weighted by Crippen LogP contribution is -2.41. The molecule has 1 aromatic rings. The van der Waals surface area contributed by atoms with Gasteiger partial charge in [-0.1, -0.05) is 24.3 Å². The van der Waals surface area contributed by atoms with Gasteiger partial charge in [0, 0.05) is 19.7 Å². The maximum absolute atomic E-state index is 6.13. The van der Waals surface area contributed by atoms with E-state index in [0.717, 1.165) is 11.9 Å². The van der Waals surface area contributed by atoms with Gasteiger partial charge in [0.25, 0.3) is 0 Å². The molecule has 1 unspecified atom stereocenters. The Hall–Kier alpha value is -1.33. The summed E-state index contributed by atoms with van der Waals surface area (Å²) >= 11 is 0. The molecule has 0 saturated carbocycles. The summed E-state index contributed by atoms with van der Waals surface area (Å²) in [5.41, 5.74) is 1.72. The number of rotatable bonds is 2. The molecule has 1 atom stereocenters. The van der Waals surface area contributed by atoms with Crippen molar-refractivity contribution in [2.75, 3.05) is 7.05 Å². The zero-order valence-electron chi connectivity index (χ0n) is 13.5. The minimum absolute atomic E-state index is 0.303. The average molecular weight is 286 g/mol. The van der Waals surface area contributed by atoms with Gasteiger partial charge in [-0.3, -0.25) is 5.01 Å². The van der Waals surface area contributed by atoms with Crippen molar-refractivity contribution in [3.05, 3.63) is 29.8 Å². The molecule has 3 rings (SSSR count). The normalized spacial score (nSPS) is 26.6. The summed E-state index contributed by atoms with van der Waals surface area (Å²) in [7, 11) is 1.71. The van der Waals surface area contributed by atoms with Gasteiger partial charge >= 0.3 is 7.12 Å². The Labute approximate surface area is 127 Å². The summed E-state index contributed by atoms with van der Waals surface area (Å²) in [5.74, 6) is 0. The second-order valence-corrected chi connectivity index (χ2v) is 6.88. The van der Waals surface area contributed by atoms with Crippen LogP contribution in [0.2, 0.25) is 0 Å². The highest BCUT2D eigenvalue weighted by atomic mass is 16.7. The molecule has 0 bridgehead atoms. The summed E-state index contributed by atoms with van der Waals surface area (Å²) in [4.78, 5) is 0. The van der Waals surface area contributed by atoms with E-state index in [-0.39, 0.29) is 18.3 Å². The summed E-state index contributed by atoms with van der Waals surface area (Å²) in [6.07, 6.45) is 2.91. The lowest BCUT2D eigenvalue weighted by Gasteiger charge is -2.32. The molecule has 21 heavy (non-hydrogen) atoms. The van der Waals surface area contributed by atoms with Crippen LogP contribution in [0.4, 0.5) is 0 Å². The van der Waals surface area contributed by atoms with Crippen LogP contribution in [0.25, 0.3) is 0 Å². The van der Waals surface area contributed by atoms with Gasteiger partial charge in [0.1, 0.15) is 0 Å². The molecule has 1 aromatic carbocycles. The summed E-state index contributed by atoms with van der Waals surface area (Å²) in [6.45, 7) is 8.32. The van der Waals surface area contributed by atoms with E-state index >= 15 is 0 Å². The van der Waals surface area contributed by atoms with Crippen molar-refractivity contribution < 1.29 is 9.31 Å². The third-order valence-electron chi connectivity index (χ3n) is 4.86. The van der Waals surface area contributed by atoms with Crippen molar-refractivity contribution in [3.8, 4) is 0 Å². The molecule has 4 nitrogen and oxygen atoms in total. The van der Waals surface area contributed by atoms with Gasteiger partial charge in [-0.25, -0.2) is 0 Å². The van der Waals surface area contributed by atoms with Gasteiger partial charge in [-0.2, -0.15) is 5.10 Å². The lowest BCUT2D eigenvalue weighted by molar-refractivity contribution is 0.00578. The standard InChI is InChI=1S/C16H23BN2O2/c1-15(2)16(3,4)21-17(20-15)13-8-6-7-12(11-13)14-9-10-18-19(14)5/h6-8,10-11,14H,9H2,1-5H3. The van der Waals surface area contributed by atoms with Gasteiger partial charge in [-0.05, 0) is 38.7 Å². The van der Waals surface area contributed by atoms with E-state index in [9.17, 15) is 0 Å².